The zero-order chi connectivity index (χ0) is 11.0. The van der Waals surface area contributed by atoms with E-state index in [1.54, 1.807) is 10.6 Å². The number of hydrogen-bond acceptors (Lipinski definition) is 4. The first-order chi connectivity index (χ1) is 7.11. The van der Waals surface area contributed by atoms with Gasteiger partial charge >= 0.3 is 0 Å². The van der Waals surface area contributed by atoms with Crippen molar-refractivity contribution < 1.29 is 5.11 Å². The van der Waals surface area contributed by atoms with Crippen LogP contribution in [0.1, 0.15) is 23.2 Å². The number of nitrogens with zero attached hydrogens (tertiary/aromatic N) is 3. The SMILES string of the molecule is Cc1cc(C)n2nc(C(O)CN)cc2n1. The lowest BCUT2D eigenvalue weighted by Gasteiger charge is -2.01. The summed E-state index contributed by atoms with van der Waals surface area (Å²) in [5.41, 5.74) is 8.62. The molecule has 1 atom stereocenters. The Morgan fingerprint density at radius 3 is 2.87 bits per heavy atom. The second-order valence-corrected chi connectivity index (χ2v) is 3.63. The molecular formula is C10H14N4O. The number of fused-ring (bicyclic) bond motifs is 1. The fourth-order valence-electron chi connectivity index (χ4n) is 1.59. The van der Waals surface area contributed by atoms with Crippen molar-refractivity contribution >= 4 is 5.65 Å². The van der Waals surface area contributed by atoms with Crippen LogP contribution in [0.25, 0.3) is 5.65 Å². The minimum absolute atomic E-state index is 0.169. The molecule has 0 radical (unpaired) electrons. The summed E-state index contributed by atoms with van der Waals surface area (Å²) in [7, 11) is 0. The number of aromatic nitrogens is 3. The molecule has 0 aliphatic heterocycles. The van der Waals surface area contributed by atoms with Crippen LogP contribution in [0.15, 0.2) is 12.1 Å². The topological polar surface area (TPSA) is 76.4 Å². The molecule has 15 heavy (non-hydrogen) atoms. The van der Waals surface area contributed by atoms with Crippen LogP contribution in [0.2, 0.25) is 0 Å². The maximum Gasteiger partial charge on any atom is 0.155 e. The summed E-state index contributed by atoms with van der Waals surface area (Å²) in [6.45, 7) is 4.05. The maximum absolute atomic E-state index is 9.56. The van der Waals surface area contributed by atoms with Crippen molar-refractivity contribution in [2.75, 3.05) is 6.54 Å². The van der Waals surface area contributed by atoms with Gasteiger partial charge in [-0.3, -0.25) is 0 Å². The minimum atomic E-state index is -0.716. The zero-order valence-electron chi connectivity index (χ0n) is 8.81. The van der Waals surface area contributed by atoms with Crippen molar-refractivity contribution in [2.24, 2.45) is 5.73 Å². The summed E-state index contributed by atoms with van der Waals surface area (Å²) in [4.78, 5) is 4.32. The Bertz CT molecular complexity index is 491. The molecule has 2 rings (SSSR count). The predicted octanol–water partition coefficient (Wildman–Crippen LogP) is 0.338. The molecule has 0 aliphatic rings. The van der Waals surface area contributed by atoms with Gasteiger partial charge in [-0.1, -0.05) is 0 Å². The molecule has 0 aliphatic carbocycles. The lowest BCUT2D eigenvalue weighted by atomic mass is 10.2. The highest BCUT2D eigenvalue weighted by molar-refractivity contribution is 5.42. The van der Waals surface area contributed by atoms with E-state index in [4.69, 9.17) is 5.73 Å². The van der Waals surface area contributed by atoms with Gasteiger partial charge in [-0.15, -0.1) is 0 Å². The fourth-order valence-corrected chi connectivity index (χ4v) is 1.59. The molecule has 3 N–H and O–H groups in total. The first-order valence-corrected chi connectivity index (χ1v) is 4.84. The molecule has 0 amide bonds. The Kier molecular flexibility index (Phi) is 2.42. The van der Waals surface area contributed by atoms with Crippen molar-refractivity contribution in [3.05, 3.63) is 29.2 Å². The fraction of sp³-hybridized carbons (Fsp3) is 0.400. The van der Waals surface area contributed by atoms with Gasteiger partial charge in [-0.05, 0) is 19.9 Å². The number of aryl methyl sites for hydroxylation is 2. The molecule has 80 valence electrons. The molecular weight excluding hydrogens is 192 g/mol. The van der Waals surface area contributed by atoms with Gasteiger partial charge in [0.1, 0.15) is 6.10 Å². The van der Waals surface area contributed by atoms with Gasteiger partial charge in [0.15, 0.2) is 5.65 Å². The molecule has 0 spiro atoms. The van der Waals surface area contributed by atoms with Crippen molar-refractivity contribution in [2.45, 2.75) is 20.0 Å². The predicted molar refractivity (Wildman–Crippen MR) is 56.5 cm³/mol. The van der Waals surface area contributed by atoms with Gasteiger partial charge < -0.3 is 10.8 Å². The standard InChI is InChI=1S/C10H14N4O/c1-6-3-7(2)14-10(12-6)4-8(13-14)9(15)5-11/h3-4,9,15H,5,11H2,1-2H3. The van der Waals surface area contributed by atoms with Gasteiger partial charge in [0.2, 0.25) is 0 Å². The third kappa shape index (κ3) is 1.71. The van der Waals surface area contributed by atoms with Crippen LogP contribution >= 0.6 is 0 Å². The van der Waals surface area contributed by atoms with E-state index in [9.17, 15) is 5.11 Å². The van der Waals surface area contributed by atoms with Gasteiger partial charge in [0.05, 0.1) is 5.69 Å². The molecule has 0 fully saturated rings. The second-order valence-electron chi connectivity index (χ2n) is 3.63. The third-order valence-corrected chi connectivity index (χ3v) is 2.32. The van der Waals surface area contributed by atoms with Crippen LogP contribution in [-0.4, -0.2) is 26.2 Å². The van der Waals surface area contributed by atoms with E-state index >= 15 is 0 Å². The molecule has 2 aromatic rings. The highest BCUT2D eigenvalue weighted by Crippen LogP contribution is 2.13. The molecule has 5 heteroatoms. The van der Waals surface area contributed by atoms with Crippen LogP contribution in [0.4, 0.5) is 0 Å². The van der Waals surface area contributed by atoms with Gasteiger partial charge in [0, 0.05) is 24.0 Å². The molecule has 0 bridgehead atoms. The first kappa shape index (κ1) is 10.1. The molecule has 2 aromatic heterocycles. The van der Waals surface area contributed by atoms with Crippen molar-refractivity contribution in [3.63, 3.8) is 0 Å². The Morgan fingerprint density at radius 2 is 2.20 bits per heavy atom. The van der Waals surface area contributed by atoms with Crippen LogP contribution in [0, 0.1) is 13.8 Å². The van der Waals surface area contributed by atoms with E-state index in [0.717, 1.165) is 17.0 Å². The average Bonchev–Trinajstić information content (AvgIpc) is 2.60. The zero-order valence-corrected chi connectivity index (χ0v) is 8.81. The Balaban J connectivity index is 2.60. The van der Waals surface area contributed by atoms with E-state index in [1.807, 2.05) is 19.9 Å². The number of aliphatic hydroxyl groups is 1. The quantitative estimate of drug-likeness (QED) is 0.742. The number of hydrogen-bond donors (Lipinski definition) is 2. The van der Waals surface area contributed by atoms with Crippen molar-refractivity contribution in [1.82, 2.24) is 14.6 Å². The summed E-state index contributed by atoms with van der Waals surface area (Å²) >= 11 is 0. The normalized spacial score (nSPS) is 13.3. The molecule has 1 unspecified atom stereocenters. The monoisotopic (exact) mass is 206 g/mol. The van der Waals surface area contributed by atoms with Gasteiger partial charge in [-0.2, -0.15) is 5.10 Å². The molecule has 0 aromatic carbocycles. The lowest BCUT2D eigenvalue weighted by molar-refractivity contribution is 0.181. The highest BCUT2D eigenvalue weighted by atomic mass is 16.3. The van der Waals surface area contributed by atoms with Gasteiger partial charge in [0.25, 0.3) is 0 Å². The van der Waals surface area contributed by atoms with E-state index in [1.165, 1.54) is 0 Å². The van der Waals surface area contributed by atoms with E-state index in [-0.39, 0.29) is 6.54 Å². The molecule has 0 saturated carbocycles. The third-order valence-electron chi connectivity index (χ3n) is 2.32. The summed E-state index contributed by atoms with van der Waals surface area (Å²) in [6, 6.07) is 3.70. The van der Waals surface area contributed by atoms with Crippen LogP contribution in [0.3, 0.4) is 0 Å². The lowest BCUT2D eigenvalue weighted by Crippen LogP contribution is -2.12. The first-order valence-electron chi connectivity index (χ1n) is 4.84. The number of aliphatic hydroxyl groups excluding tert-OH is 1. The van der Waals surface area contributed by atoms with Crippen LogP contribution in [0.5, 0.6) is 0 Å². The summed E-state index contributed by atoms with van der Waals surface area (Å²) < 4.78 is 1.71. The minimum Gasteiger partial charge on any atom is -0.385 e. The van der Waals surface area contributed by atoms with Crippen LogP contribution < -0.4 is 5.73 Å². The van der Waals surface area contributed by atoms with E-state index < -0.39 is 6.10 Å². The van der Waals surface area contributed by atoms with E-state index in [2.05, 4.69) is 10.1 Å². The summed E-state index contributed by atoms with van der Waals surface area (Å²) in [5.74, 6) is 0. The van der Waals surface area contributed by atoms with Crippen molar-refractivity contribution in [3.8, 4) is 0 Å². The molecule has 0 saturated heterocycles. The second kappa shape index (κ2) is 3.60. The maximum atomic E-state index is 9.56. The highest BCUT2D eigenvalue weighted by Gasteiger charge is 2.11. The largest absolute Gasteiger partial charge is 0.385 e. The Morgan fingerprint density at radius 1 is 1.47 bits per heavy atom. The summed E-state index contributed by atoms with van der Waals surface area (Å²) in [6.07, 6.45) is -0.716. The average molecular weight is 206 g/mol. The molecule has 2 heterocycles. The van der Waals surface area contributed by atoms with E-state index in [0.29, 0.717) is 5.69 Å². The van der Waals surface area contributed by atoms with Crippen LogP contribution in [-0.2, 0) is 0 Å². The summed E-state index contributed by atoms with van der Waals surface area (Å²) in [5, 5.41) is 13.8. The molecule has 5 nitrogen and oxygen atoms in total. The smallest absolute Gasteiger partial charge is 0.155 e. The number of rotatable bonds is 2. The number of nitrogens with two attached hydrogens (primary N) is 1. The van der Waals surface area contributed by atoms with Crippen molar-refractivity contribution in [1.29, 1.82) is 0 Å². The Labute approximate surface area is 87.6 Å². The Hall–Kier alpha value is -1.46. The van der Waals surface area contributed by atoms with Gasteiger partial charge in [-0.25, -0.2) is 9.50 Å².